The van der Waals surface area contributed by atoms with Crippen LogP contribution in [0, 0.1) is 11.6 Å². The maximum Gasteiger partial charge on any atom is 0.343 e. The van der Waals surface area contributed by atoms with Gasteiger partial charge in [-0.3, -0.25) is 0 Å². The third kappa shape index (κ3) is 2.17. The monoisotopic (exact) mass is 250 g/mol. The van der Waals surface area contributed by atoms with Crippen LogP contribution in [-0.4, -0.2) is 23.3 Å². The summed E-state index contributed by atoms with van der Waals surface area (Å²) in [4.78, 5) is 11.2. The zero-order valence-corrected chi connectivity index (χ0v) is 9.35. The highest BCUT2D eigenvalue weighted by molar-refractivity contribution is 5.90. The summed E-state index contributed by atoms with van der Waals surface area (Å²) < 4.78 is 31.6. The highest BCUT2D eigenvalue weighted by Crippen LogP contribution is 2.22. The van der Waals surface area contributed by atoms with Crippen LogP contribution in [0.1, 0.15) is 10.4 Å². The quantitative estimate of drug-likeness (QED) is 0.767. The molecule has 0 atom stereocenters. The fourth-order valence-electron chi connectivity index (χ4n) is 1.47. The van der Waals surface area contributed by atoms with Gasteiger partial charge in [-0.05, 0) is 24.3 Å². The minimum Gasteiger partial charge on any atom is -0.465 e. The van der Waals surface area contributed by atoms with E-state index in [1.165, 1.54) is 6.20 Å². The summed E-state index contributed by atoms with van der Waals surface area (Å²) in [6.07, 6.45) is 1.44. The van der Waals surface area contributed by atoms with E-state index in [-0.39, 0.29) is 5.56 Å². The van der Waals surface area contributed by atoms with Gasteiger partial charge in [-0.15, -0.1) is 0 Å². The van der Waals surface area contributed by atoms with Gasteiger partial charge in [-0.25, -0.2) is 13.6 Å². The molecular weight excluding hydrogens is 242 g/mol. The predicted octanol–water partition coefficient (Wildman–Crippen LogP) is 2.21. The molecule has 18 heavy (non-hydrogen) atoms. The van der Waals surface area contributed by atoms with Gasteiger partial charge >= 0.3 is 5.97 Å². The van der Waals surface area contributed by atoms with Gasteiger partial charge in [0.15, 0.2) is 0 Å². The molecule has 1 aromatic carbocycles. The topological polar surface area (TPSA) is 52.1 Å². The molecular formula is C12H8F2N2O2. The Morgan fingerprint density at radius 3 is 2.44 bits per heavy atom. The lowest BCUT2D eigenvalue weighted by Gasteiger charge is -2.05. The van der Waals surface area contributed by atoms with Crippen molar-refractivity contribution < 1.29 is 18.3 Å². The number of carbonyl (C=O) groups excluding carboxylic acids is 1. The molecule has 0 saturated heterocycles. The summed E-state index contributed by atoms with van der Waals surface area (Å²) in [6.45, 7) is 0. The third-order valence-corrected chi connectivity index (χ3v) is 2.30. The molecule has 2 aromatic rings. The van der Waals surface area contributed by atoms with Crippen molar-refractivity contribution in [3.63, 3.8) is 0 Å². The molecule has 0 unspecified atom stereocenters. The van der Waals surface area contributed by atoms with Gasteiger partial charge < -0.3 is 4.74 Å². The van der Waals surface area contributed by atoms with Crippen LogP contribution >= 0.6 is 0 Å². The third-order valence-electron chi connectivity index (χ3n) is 2.30. The van der Waals surface area contributed by atoms with Gasteiger partial charge in [0.2, 0.25) is 0 Å². The lowest BCUT2D eigenvalue weighted by Crippen LogP contribution is -2.08. The summed E-state index contributed by atoms with van der Waals surface area (Å²) >= 11 is 0. The number of hydrogen-bond donors (Lipinski definition) is 0. The Morgan fingerprint density at radius 1 is 1.28 bits per heavy atom. The van der Waals surface area contributed by atoms with Crippen molar-refractivity contribution in [1.29, 1.82) is 0 Å². The number of benzene rings is 1. The molecule has 0 N–H and O–H groups in total. The van der Waals surface area contributed by atoms with Gasteiger partial charge in [0.25, 0.3) is 0 Å². The number of rotatable bonds is 2. The molecule has 0 bridgehead atoms. The summed E-state index contributed by atoms with van der Waals surface area (Å²) in [5.74, 6) is -3.05. The molecule has 0 spiro atoms. The molecule has 1 aromatic heterocycles. The standard InChI is InChI=1S/C12H8F2N2O2/c1-18-12(17)11-8(13)5-7(6-9(11)14)10-3-2-4-15-16-10/h2-6H,1H3. The Bertz CT molecular complexity index is 565. The van der Waals surface area contributed by atoms with E-state index in [0.717, 1.165) is 19.2 Å². The van der Waals surface area contributed by atoms with Crippen LogP contribution in [0.25, 0.3) is 11.3 Å². The van der Waals surface area contributed by atoms with Gasteiger partial charge in [-0.2, -0.15) is 10.2 Å². The number of methoxy groups -OCH3 is 1. The molecule has 1 heterocycles. The van der Waals surface area contributed by atoms with Crippen molar-refractivity contribution in [2.24, 2.45) is 0 Å². The van der Waals surface area contributed by atoms with E-state index in [1.807, 2.05) is 0 Å². The molecule has 0 aliphatic carbocycles. The Kier molecular flexibility index (Phi) is 3.27. The number of aromatic nitrogens is 2. The molecule has 6 heteroatoms. The molecule has 0 radical (unpaired) electrons. The normalized spacial score (nSPS) is 10.2. The molecule has 2 rings (SSSR count). The van der Waals surface area contributed by atoms with Crippen molar-refractivity contribution in [2.45, 2.75) is 0 Å². The first-order valence-electron chi connectivity index (χ1n) is 4.99. The first-order chi connectivity index (χ1) is 8.63. The zero-order chi connectivity index (χ0) is 13.1. The molecule has 0 saturated carbocycles. The summed E-state index contributed by atoms with van der Waals surface area (Å²) in [7, 11) is 1.05. The van der Waals surface area contributed by atoms with Crippen LogP contribution in [0.15, 0.2) is 30.5 Å². The van der Waals surface area contributed by atoms with E-state index in [2.05, 4.69) is 14.9 Å². The maximum atomic E-state index is 13.6. The highest BCUT2D eigenvalue weighted by atomic mass is 19.1. The first-order valence-corrected chi connectivity index (χ1v) is 4.99. The van der Waals surface area contributed by atoms with Crippen molar-refractivity contribution in [3.05, 3.63) is 47.7 Å². The Hall–Kier alpha value is -2.37. The lowest BCUT2D eigenvalue weighted by atomic mass is 10.1. The molecule has 0 aliphatic heterocycles. The van der Waals surface area contributed by atoms with Gasteiger partial charge in [-0.1, -0.05) is 0 Å². The molecule has 0 aliphatic rings. The smallest absolute Gasteiger partial charge is 0.343 e. The second-order valence-corrected chi connectivity index (χ2v) is 3.42. The zero-order valence-electron chi connectivity index (χ0n) is 9.35. The number of nitrogens with zero attached hydrogens (tertiary/aromatic N) is 2. The summed E-state index contributed by atoms with van der Waals surface area (Å²) in [5, 5.41) is 7.33. The number of carbonyl (C=O) groups is 1. The molecule has 0 fully saturated rings. The van der Waals surface area contributed by atoms with Crippen LogP contribution in [0.4, 0.5) is 8.78 Å². The summed E-state index contributed by atoms with van der Waals surface area (Å²) in [6, 6.07) is 5.17. The van der Waals surface area contributed by atoms with Crippen molar-refractivity contribution >= 4 is 5.97 Å². The number of ether oxygens (including phenoxy) is 1. The Labute approximate surface area is 101 Å². The van der Waals surface area contributed by atoms with E-state index in [0.29, 0.717) is 5.69 Å². The van der Waals surface area contributed by atoms with Crippen LogP contribution in [-0.2, 0) is 4.74 Å². The van der Waals surface area contributed by atoms with E-state index < -0.39 is 23.2 Å². The largest absolute Gasteiger partial charge is 0.465 e. The average molecular weight is 250 g/mol. The van der Waals surface area contributed by atoms with Gasteiger partial charge in [0, 0.05) is 11.8 Å². The van der Waals surface area contributed by atoms with Gasteiger partial charge in [0.1, 0.15) is 17.2 Å². The second-order valence-electron chi connectivity index (χ2n) is 3.42. The molecule has 0 amide bonds. The number of esters is 1. The number of hydrogen-bond acceptors (Lipinski definition) is 4. The van der Waals surface area contributed by atoms with Crippen LogP contribution in [0.2, 0.25) is 0 Å². The minimum atomic E-state index is -1.06. The van der Waals surface area contributed by atoms with Crippen molar-refractivity contribution in [2.75, 3.05) is 7.11 Å². The van der Waals surface area contributed by atoms with Crippen molar-refractivity contribution in [1.82, 2.24) is 10.2 Å². The average Bonchev–Trinajstić information content (AvgIpc) is 2.38. The molecule has 4 nitrogen and oxygen atoms in total. The molecule has 92 valence electrons. The van der Waals surface area contributed by atoms with Gasteiger partial charge in [0.05, 0.1) is 12.8 Å². The van der Waals surface area contributed by atoms with E-state index in [9.17, 15) is 13.6 Å². The fourth-order valence-corrected chi connectivity index (χ4v) is 1.47. The van der Waals surface area contributed by atoms with E-state index >= 15 is 0 Å². The highest BCUT2D eigenvalue weighted by Gasteiger charge is 2.19. The van der Waals surface area contributed by atoms with Crippen LogP contribution < -0.4 is 0 Å². The summed E-state index contributed by atoms with van der Waals surface area (Å²) in [5.41, 5.74) is -0.206. The van der Waals surface area contributed by atoms with E-state index in [1.54, 1.807) is 12.1 Å². The Morgan fingerprint density at radius 2 is 1.94 bits per heavy atom. The first kappa shape index (κ1) is 12.1. The second kappa shape index (κ2) is 4.87. The van der Waals surface area contributed by atoms with E-state index in [4.69, 9.17) is 0 Å². The maximum absolute atomic E-state index is 13.6. The fraction of sp³-hybridized carbons (Fsp3) is 0.0833. The van der Waals surface area contributed by atoms with Crippen molar-refractivity contribution in [3.8, 4) is 11.3 Å². The Balaban J connectivity index is 2.53. The SMILES string of the molecule is COC(=O)c1c(F)cc(-c2cccnn2)cc1F. The van der Waals surface area contributed by atoms with Crippen LogP contribution in [0.5, 0.6) is 0 Å². The minimum absolute atomic E-state index is 0.200. The van der Waals surface area contributed by atoms with Crippen LogP contribution in [0.3, 0.4) is 0 Å². The lowest BCUT2D eigenvalue weighted by molar-refractivity contribution is 0.0590. The number of halogens is 2. The predicted molar refractivity (Wildman–Crippen MR) is 58.7 cm³/mol.